The molecule has 0 radical (unpaired) electrons. The van der Waals surface area contributed by atoms with Crippen LogP contribution < -0.4 is 5.73 Å². The summed E-state index contributed by atoms with van der Waals surface area (Å²) in [6, 6.07) is 18.2. The molecule has 4 aromatic rings. The third kappa shape index (κ3) is 2.83. The highest BCUT2D eigenvalue weighted by Crippen LogP contribution is 2.24. The van der Waals surface area contributed by atoms with Crippen molar-refractivity contribution >= 4 is 5.95 Å². The average Bonchev–Trinajstić information content (AvgIpc) is 3.12. The van der Waals surface area contributed by atoms with E-state index in [4.69, 9.17) is 5.73 Å². The number of tetrazole rings is 1. The third-order valence-electron chi connectivity index (χ3n) is 3.93. The van der Waals surface area contributed by atoms with Crippen molar-refractivity contribution in [2.24, 2.45) is 0 Å². The Labute approximate surface area is 144 Å². The maximum atomic E-state index is 5.62. The minimum Gasteiger partial charge on any atom is -0.368 e. The Bertz CT molecular complexity index is 1010. The first-order valence-electron chi connectivity index (χ1n) is 7.76. The fraction of sp³-hybridized carbons (Fsp3) is 0.0556. The molecule has 122 valence electrons. The Balaban J connectivity index is 1.73. The van der Waals surface area contributed by atoms with E-state index in [1.54, 1.807) is 10.9 Å². The Kier molecular flexibility index (Phi) is 3.66. The summed E-state index contributed by atoms with van der Waals surface area (Å²) >= 11 is 0. The first-order chi connectivity index (χ1) is 12.2. The van der Waals surface area contributed by atoms with E-state index in [-0.39, 0.29) is 5.95 Å². The van der Waals surface area contributed by atoms with Crippen molar-refractivity contribution in [3.05, 3.63) is 66.5 Å². The van der Waals surface area contributed by atoms with E-state index in [2.05, 4.69) is 37.6 Å². The summed E-state index contributed by atoms with van der Waals surface area (Å²) < 4.78 is 1.66. The number of rotatable bonds is 3. The molecule has 0 saturated carbocycles. The van der Waals surface area contributed by atoms with E-state index in [1.807, 2.05) is 49.4 Å². The van der Waals surface area contributed by atoms with Gasteiger partial charge in [-0.15, -0.1) is 5.10 Å². The molecule has 0 atom stereocenters. The van der Waals surface area contributed by atoms with Gasteiger partial charge in [-0.3, -0.25) is 0 Å². The fourth-order valence-electron chi connectivity index (χ4n) is 2.66. The molecule has 2 aromatic heterocycles. The molecule has 0 aliphatic heterocycles. The smallest absolute Gasteiger partial charge is 0.220 e. The highest BCUT2D eigenvalue weighted by molar-refractivity contribution is 5.65. The van der Waals surface area contributed by atoms with Crippen molar-refractivity contribution in [2.75, 3.05) is 5.73 Å². The lowest BCUT2D eigenvalue weighted by molar-refractivity contribution is 0.791. The largest absolute Gasteiger partial charge is 0.368 e. The number of aryl methyl sites for hydroxylation is 1. The molecule has 0 amide bonds. The predicted molar refractivity (Wildman–Crippen MR) is 94.8 cm³/mol. The maximum absolute atomic E-state index is 5.62. The standard InChI is InChI=1S/C18H15N7/c1-12-16(11-20-18(19)21-12)17-22-23-24-25(17)15-9-7-14(8-10-15)13-5-3-2-4-6-13/h2-11H,1H3,(H2,19,20,21). The van der Waals surface area contributed by atoms with Gasteiger partial charge in [0.1, 0.15) is 0 Å². The van der Waals surface area contributed by atoms with Crippen LogP contribution in [-0.4, -0.2) is 30.2 Å². The van der Waals surface area contributed by atoms with E-state index in [9.17, 15) is 0 Å². The van der Waals surface area contributed by atoms with Crippen LogP contribution in [0.5, 0.6) is 0 Å². The van der Waals surface area contributed by atoms with Gasteiger partial charge in [0.25, 0.3) is 0 Å². The van der Waals surface area contributed by atoms with Gasteiger partial charge in [-0.25, -0.2) is 9.97 Å². The van der Waals surface area contributed by atoms with Gasteiger partial charge in [-0.1, -0.05) is 42.5 Å². The molecular formula is C18H15N7. The molecule has 0 aliphatic rings. The molecule has 0 saturated heterocycles. The van der Waals surface area contributed by atoms with Gasteiger partial charge in [-0.05, 0) is 40.6 Å². The molecule has 0 spiro atoms. The van der Waals surface area contributed by atoms with Crippen LogP contribution in [0.2, 0.25) is 0 Å². The lowest BCUT2D eigenvalue weighted by Gasteiger charge is -2.08. The van der Waals surface area contributed by atoms with Crippen LogP contribution in [0, 0.1) is 6.92 Å². The van der Waals surface area contributed by atoms with E-state index in [1.165, 1.54) is 0 Å². The van der Waals surface area contributed by atoms with E-state index >= 15 is 0 Å². The Morgan fingerprint density at radius 3 is 2.36 bits per heavy atom. The zero-order chi connectivity index (χ0) is 17.2. The summed E-state index contributed by atoms with van der Waals surface area (Å²) in [6.45, 7) is 1.85. The summed E-state index contributed by atoms with van der Waals surface area (Å²) in [5.41, 5.74) is 10.2. The summed E-state index contributed by atoms with van der Waals surface area (Å²) in [4.78, 5) is 8.22. The predicted octanol–water partition coefficient (Wildman–Crippen LogP) is 2.68. The lowest BCUT2D eigenvalue weighted by Crippen LogP contribution is -2.03. The van der Waals surface area contributed by atoms with Crippen LogP contribution >= 0.6 is 0 Å². The number of nitrogens with zero attached hydrogens (tertiary/aromatic N) is 6. The molecule has 2 aromatic carbocycles. The van der Waals surface area contributed by atoms with Crippen molar-refractivity contribution in [1.29, 1.82) is 0 Å². The topological polar surface area (TPSA) is 95.4 Å². The Morgan fingerprint density at radius 1 is 0.920 bits per heavy atom. The van der Waals surface area contributed by atoms with Crippen LogP contribution in [-0.2, 0) is 0 Å². The van der Waals surface area contributed by atoms with Gasteiger partial charge in [0.05, 0.1) is 16.9 Å². The molecule has 0 fully saturated rings. The van der Waals surface area contributed by atoms with Crippen molar-refractivity contribution in [3.63, 3.8) is 0 Å². The third-order valence-corrected chi connectivity index (χ3v) is 3.93. The van der Waals surface area contributed by atoms with Crippen LogP contribution in [0.25, 0.3) is 28.2 Å². The molecule has 0 unspecified atom stereocenters. The summed E-state index contributed by atoms with van der Waals surface area (Å²) in [7, 11) is 0. The second kappa shape index (κ2) is 6.12. The number of nitrogen functional groups attached to an aromatic ring is 1. The molecule has 7 nitrogen and oxygen atoms in total. The second-order valence-electron chi connectivity index (χ2n) is 5.55. The summed E-state index contributed by atoms with van der Waals surface area (Å²) in [5.74, 6) is 0.803. The minimum absolute atomic E-state index is 0.229. The van der Waals surface area contributed by atoms with Crippen molar-refractivity contribution in [3.8, 4) is 28.2 Å². The fourth-order valence-corrected chi connectivity index (χ4v) is 2.66. The molecule has 0 bridgehead atoms. The molecule has 7 heteroatoms. The van der Waals surface area contributed by atoms with Crippen LogP contribution in [0.4, 0.5) is 5.95 Å². The van der Waals surface area contributed by atoms with Crippen LogP contribution in [0.3, 0.4) is 0 Å². The van der Waals surface area contributed by atoms with Crippen LogP contribution in [0.1, 0.15) is 5.69 Å². The van der Waals surface area contributed by atoms with Gasteiger partial charge in [0.2, 0.25) is 5.95 Å². The highest BCUT2D eigenvalue weighted by Gasteiger charge is 2.14. The number of nitrogens with two attached hydrogens (primary N) is 1. The first-order valence-corrected chi connectivity index (χ1v) is 7.76. The Hall–Kier alpha value is -3.61. The number of hydrogen-bond donors (Lipinski definition) is 1. The van der Waals surface area contributed by atoms with Gasteiger partial charge in [-0.2, -0.15) is 4.68 Å². The van der Waals surface area contributed by atoms with Gasteiger partial charge < -0.3 is 5.73 Å². The van der Waals surface area contributed by atoms with Gasteiger partial charge in [0, 0.05) is 6.20 Å². The molecule has 0 aliphatic carbocycles. The molecule has 2 heterocycles. The van der Waals surface area contributed by atoms with Crippen molar-refractivity contribution < 1.29 is 0 Å². The van der Waals surface area contributed by atoms with E-state index in [0.717, 1.165) is 28.1 Å². The molecule has 4 rings (SSSR count). The molecular weight excluding hydrogens is 314 g/mol. The second-order valence-corrected chi connectivity index (χ2v) is 5.55. The average molecular weight is 329 g/mol. The van der Waals surface area contributed by atoms with Crippen molar-refractivity contribution in [1.82, 2.24) is 30.2 Å². The highest BCUT2D eigenvalue weighted by atomic mass is 15.5. The first kappa shape index (κ1) is 14.9. The number of anilines is 1. The van der Waals surface area contributed by atoms with Gasteiger partial charge >= 0.3 is 0 Å². The Morgan fingerprint density at radius 2 is 1.64 bits per heavy atom. The number of aromatic nitrogens is 6. The zero-order valence-electron chi connectivity index (χ0n) is 13.5. The normalized spacial score (nSPS) is 10.8. The quantitative estimate of drug-likeness (QED) is 0.621. The van der Waals surface area contributed by atoms with E-state index < -0.39 is 0 Å². The number of benzene rings is 2. The molecule has 2 N–H and O–H groups in total. The monoisotopic (exact) mass is 329 g/mol. The number of hydrogen-bond acceptors (Lipinski definition) is 6. The summed E-state index contributed by atoms with van der Waals surface area (Å²) in [6.07, 6.45) is 1.64. The molecule has 25 heavy (non-hydrogen) atoms. The lowest BCUT2D eigenvalue weighted by atomic mass is 10.1. The van der Waals surface area contributed by atoms with E-state index in [0.29, 0.717) is 5.82 Å². The maximum Gasteiger partial charge on any atom is 0.220 e. The summed E-state index contributed by atoms with van der Waals surface area (Å²) in [5, 5.41) is 12.0. The van der Waals surface area contributed by atoms with Crippen LogP contribution in [0.15, 0.2) is 60.8 Å². The minimum atomic E-state index is 0.229. The van der Waals surface area contributed by atoms with Crippen molar-refractivity contribution in [2.45, 2.75) is 6.92 Å². The van der Waals surface area contributed by atoms with Gasteiger partial charge in [0.15, 0.2) is 5.82 Å². The SMILES string of the molecule is Cc1nc(N)ncc1-c1nnnn1-c1ccc(-c2ccccc2)cc1. The zero-order valence-corrected chi connectivity index (χ0v) is 13.5.